The number of ether oxygens (including phenoxy) is 2. The molecule has 1 aliphatic rings. The van der Waals surface area contributed by atoms with E-state index in [1.54, 1.807) is 19.1 Å². The lowest BCUT2D eigenvalue weighted by atomic mass is 10.1. The second-order valence-electron chi connectivity index (χ2n) is 7.82. The molecule has 0 radical (unpaired) electrons. The minimum atomic E-state index is -3.00. The molecule has 1 heterocycles. The van der Waals surface area contributed by atoms with Crippen molar-refractivity contribution in [1.29, 1.82) is 0 Å². The third kappa shape index (κ3) is 6.35. The van der Waals surface area contributed by atoms with E-state index in [2.05, 4.69) is 9.73 Å². The number of carbonyl (C=O) groups excluding carboxylic acids is 2. The number of halogens is 3. The third-order valence-electron chi connectivity index (χ3n) is 5.24. The zero-order chi connectivity index (χ0) is 27.2. The summed E-state index contributed by atoms with van der Waals surface area (Å²) in [5.74, 6) is -1.29. The van der Waals surface area contributed by atoms with Crippen molar-refractivity contribution in [3.63, 3.8) is 0 Å². The van der Waals surface area contributed by atoms with Gasteiger partial charge >= 0.3 is 6.61 Å². The number of amidine groups is 1. The lowest BCUT2D eigenvalue weighted by Crippen LogP contribution is -2.30. The molecule has 7 nitrogen and oxygen atoms in total. The van der Waals surface area contributed by atoms with Gasteiger partial charge in [-0.15, -0.1) is 0 Å². The predicted octanol–water partition coefficient (Wildman–Crippen LogP) is 5.89. The summed E-state index contributed by atoms with van der Waals surface area (Å²) in [5, 5.41) is 10.1. The van der Waals surface area contributed by atoms with Crippen molar-refractivity contribution in [2.75, 3.05) is 17.3 Å². The molecule has 0 spiro atoms. The molecule has 3 aromatic rings. The molecule has 0 aromatic heterocycles. The van der Waals surface area contributed by atoms with E-state index in [0.717, 1.165) is 11.8 Å². The Morgan fingerprint density at radius 1 is 1.11 bits per heavy atom. The summed E-state index contributed by atoms with van der Waals surface area (Å²) >= 11 is 0.996. The van der Waals surface area contributed by atoms with E-state index in [9.17, 15) is 27.9 Å². The van der Waals surface area contributed by atoms with Crippen LogP contribution in [0.2, 0.25) is 0 Å². The molecule has 196 valence electrons. The number of nitrogens with zero attached hydrogens (tertiary/aromatic N) is 2. The first-order valence-corrected chi connectivity index (χ1v) is 12.3. The fourth-order valence-electron chi connectivity index (χ4n) is 3.50. The van der Waals surface area contributed by atoms with Gasteiger partial charge in [-0.2, -0.15) is 8.78 Å². The van der Waals surface area contributed by atoms with E-state index in [1.165, 1.54) is 65.6 Å². The standard InChI is InChI=1S/C27H21F3N2O5S/c1-2-36-24-14-16(3-12-22(24)33)13-21-25(35)32(19-8-10-20(11-9-19)37-26(29)30)27(31-21)38-15-23(34)17-4-6-18(28)7-5-17/h3-14,26,33H,2,15H2,1H3/b21-13-. The molecular weight excluding hydrogens is 521 g/mol. The molecule has 4 rings (SSSR count). The summed E-state index contributed by atoms with van der Waals surface area (Å²) in [6, 6.07) is 15.1. The highest BCUT2D eigenvalue weighted by atomic mass is 32.2. The number of phenolic OH excluding ortho intramolecular Hbond substituents is 1. The van der Waals surface area contributed by atoms with Gasteiger partial charge in [0.25, 0.3) is 5.91 Å². The largest absolute Gasteiger partial charge is 0.504 e. The Bertz CT molecular complexity index is 1390. The number of hydrogen-bond donors (Lipinski definition) is 1. The first-order chi connectivity index (χ1) is 18.2. The average molecular weight is 543 g/mol. The summed E-state index contributed by atoms with van der Waals surface area (Å²) in [6.07, 6.45) is 1.50. The maximum Gasteiger partial charge on any atom is 0.387 e. The van der Waals surface area contributed by atoms with Gasteiger partial charge in [0, 0.05) is 5.56 Å². The first-order valence-electron chi connectivity index (χ1n) is 11.3. The Kier molecular flexibility index (Phi) is 8.37. The van der Waals surface area contributed by atoms with E-state index < -0.39 is 18.3 Å². The van der Waals surface area contributed by atoms with Crippen LogP contribution in [0.25, 0.3) is 6.08 Å². The fourth-order valence-corrected chi connectivity index (χ4v) is 4.40. The van der Waals surface area contributed by atoms with Crippen LogP contribution in [0.3, 0.4) is 0 Å². The van der Waals surface area contributed by atoms with Gasteiger partial charge in [0.1, 0.15) is 17.3 Å². The first kappa shape index (κ1) is 26.8. The van der Waals surface area contributed by atoms with Crippen LogP contribution in [0.4, 0.5) is 18.9 Å². The third-order valence-corrected chi connectivity index (χ3v) is 6.17. The van der Waals surface area contributed by atoms with Crippen LogP contribution in [0, 0.1) is 5.82 Å². The number of amides is 1. The molecule has 38 heavy (non-hydrogen) atoms. The quantitative estimate of drug-likeness (QED) is 0.268. The minimum Gasteiger partial charge on any atom is -0.504 e. The Hall–Kier alpha value is -4.25. The van der Waals surface area contributed by atoms with Crippen LogP contribution >= 0.6 is 11.8 Å². The Balaban J connectivity index is 1.64. The number of anilines is 1. The highest BCUT2D eigenvalue weighted by Gasteiger charge is 2.32. The minimum absolute atomic E-state index is 0.0442. The van der Waals surface area contributed by atoms with Crippen LogP contribution in [0.15, 0.2) is 77.4 Å². The van der Waals surface area contributed by atoms with Crippen molar-refractivity contribution in [2.45, 2.75) is 13.5 Å². The molecular formula is C27H21F3N2O5S. The lowest BCUT2D eigenvalue weighted by molar-refractivity contribution is -0.113. The van der Waals surface area contributed by atoms with E-state index in [0.29, 0.717) is 23.4 Å². The van der Waals surface area contributed by atoms with E-state index in [4.69, 9.17) is 4.74 Å². The van der Waals surface area contributed by atoms with Gasteiger partial charge < -0.3 is 14.6 Å². The number of thioether (sulfide) groups is 1. The predicted molar refractivity (Wildman–Crippen MR) is 138 cm³/mol. The molecule has 3 aromatic carbocycles. The van der Waals surface area contributed by atoms with Crippen LogP contribution in [0.5, 0.6) is 17.2 Å². The maximum atomic E-state index is 13.4. The summed E-state index contributed by atoms with van der Waals surface area (Å²) in [4.78, 5) is 31.7. The van der Waals surface area contributed by atoms with Gasteiger partial charge in [-0.1, -0.05) is 17.8 Å². The molecule has 0 saturated heterocycles. The van der Waals surface area contributed by atoms with Crippen LogP contribution in [0.1, 0.15) is 22.8 Å². The highest BCUT2D eigenvalue weighted by molar-refractivity contribution is 8.14. The number of carbonyl (C=O) groups is 2. The number of hydrogen-bond acceptors (Lipinski definition) is 7. The molecule has 0 unspecified atom stereocenters. The Morgan fingerprint density at radius 2 is 1.82 bits per heavy atom. The van der Waals surface area contributed by atoms with Gasteiger partial charge in [-0.3, -0.25) is 14.5 Å². The summed E-state index contributed by atoms with van der Waals surface area (Å²) < 4.78 is 48.1. The molecule has 1 aliphatic heterocycles. The van der Waals surface area contributed by atoms with Crippen LogP contribution < -0.4 is 14.4 Å². The smallest absolute Gasteiger partial charge is 0.387 e. The number of aliphatic imine (C=N–C) groups is 1. The van der Waals surface area contributed by atoms with Gasteiger partial charge in [0.2, 0.25) is 0 Å². The van der Waals surface area contributed by atoms with Crippen molar-refractivity contribution in [1.82, 2.24) is 0 Å². The normalized spacial score (nSPS) is 14.2. The van der Waals surface area contributed by atoms with E-state index in [1.807, 2.05) is 0 Å². The lowest BCUT2D eigenvalue weighted by Gasteiger charge is -2.18. The number of phenols is 1. The fraction of sp³-hybridized carbons (Fsp3) is 0.148. The Morgan fingerprint density at radius 3 is 2.47 bits per heavy atom. The molecule has 1 amide bonds. The molecule has 11 heteroatoms. The van der Waals surface area contributed by atoms with E-state index in [-0.39, 0.29) is 39.6 Å². The van der Waals surface area contributed by atoms with Crippen LogP contribution in [-0.4, -0.2) is 40.9 Å². The second-order valence-corrected chi connectivity index (χ2v) is 8.76. The molecule has 0 aliphatic carbocycles. The molecule has 0 bridgehead atoms. The Labute approximate surface area is 220 Å². The maximum absolute atomic E-state index is 13.4. The molecule has 0 saturated carbocycles. The SMILES string of the molecule is CCOc1cc(/C=C2\N=C(SCC(=O)c3ccc(F)cc3)N(c3ccc(OC(F)F)cc3)C2=O)ccc1O. The van der Waals surface area contributed by atoms with Crippen molar-refractivity contribution in [3.8, 4) is 17.2 Å². The zero-order valence-electron chi connectivity index (χ0n) is 19.9. The van der Waals surface area contributed by atoms with Gasteiger partial charge in [-0.25, -0.2) is 9.38 Å². The van der Waals surface area contributed by atoms with E-state index >= 15 is 0 Å². The van der Waals surface area contributed by atoms with Crippen molar-refractivity contribution < 1.29 is 37.3 Å². The number of alkyl halides is 2. The molecule has 0 fully saturated rings. The number of Topliss-reactive ketones (excluding diaryl/α,β-unsaturated/α-hetero) is 1. The monoisotopic (exact) mass is 542 g/mol. The highest BCUT2D eigenvalue weighted by Crippen LogP contribution is 2.33. The average Bonchev–Trinajstić information content (AvgIpc) is 3.20. The second kappa shape index (κ2) is 11.9. The molecule has 1 N–H and O–H groups in total. The summed E-state index contributed by atoms with van der Waals surface area (Å²) in [5.41, 5.74) is 1.20. The van der Waals surface area contributed by atoms with Gasteiger partial charge in [0.05, 0.1) is 18.0 Å². The van der Waals surface area contributed by atoms with Crippen molar-refractivity contribution >= 4 is 40.4 Å². The number of rotatable bonds is 9. The van der Waals surface area contributed by atoms with Gasteiger partial charge in [-0.05, 0) is 79.2 Å². The number of aromatic hydroxyl groups is 1. The van der Waals surface area contributed by atoms with Gasteiger partial charge in [0.15, 0.2) is 22.4 Å². The van der Waals surface area contributed by atoms with Crippen molar-refractivity contribution in [2.24, 2.45) is 4.99 Å². The molecule has 0 atom stereocenters. The topological polar surface area (TPSA) is 88.4 Å². The number of ketones is 1. The van der Waals surface area contributed by atoms with Crippen LogP contribution in [-0.2, 0) is 4.79 Å². The zero-order valence-corrected chi connectivity index (χ0v) is 20.8. The summed E-state index contributed by atoms with van der Waals surface area (Å²) in [7, 11) is 0. The summed E-state index contributed by atoms with van der Waals surface area (Å²) in [6.45, 7) is -0.908. The van der Waals surface area contributed by atoms with Crippen molar-refractivity contribution in [3.05, 3.63) is 89.4 Å². The number of benzene rings is 3.